The Morgan fingerprint density at radius 3 is 2.21 bits per heavy atom. The highest BCUT2D eigenvalue weighted by Crippen LogP contribution is 2.47. The van der Waals surface area contributed by atoms with E-state index in [1.54, 1.807) is 4.90 Å². The number of ketones is 1. The summed E-state index contributed by atoms with van der Waals surface area (Å²) in [5.41, 5.74) is -0.495. The zero-order valence-corrected chi connectivity index (χ0v) is 12.0. The molecule has 4 nitrogen and oxygen atoms in total. The predicted molar refractivity (Wildman–Crippen MR) is 70.7 cm³/mol. The number of carbonyl (C=O) groups is 2. The molecule has 0 aromatic carbocycles. The van der Waals surface area contributed by atoms with E-state index in [9.17, 15) is 9.59 Å². The molecule has 0 spiro atoms. The number of Topliss-reactive ketones (excluding diaryl/α,β-unsaturated/α-hetero) is 1. The van der Waals surface area contributed by atoms with Crippen molar-refractivity contribution in [3.8, 4) is 0 Å². The van der Waals surface area contributed by atoms with Gasteiger partial charge in [0.15, 0.2) is 5.78 Å². The highest BCUT2D eigenvalue weighted by molar-refractivity contribution is 5.92. The summed E-state index contributed by atoms with van der Waals surface area (Å²) < 4.78 is 5.52. The van der Waals surface area contributed by atoms with Gasteiger partial charge in [0.05, 0.1) is 6.04 Å². The van der Waals surface area contributed by atoms with Crippen molar-refractivity contribution in [2.75, 3.05) is 0 Å². The molecule has 0 radical (unpaired) electrons. The molecule has 1 saturated heterocycles. The molecule has 19 heavy (non-hydrogen) atoms. The van der Waals surface area contributed by atoms with Gasteiger partial charge in [0, 0.05) is 12.5 Å². The lowest BCUT2D eigenvalue weighted by Gasteiger charge is -2.32. The van der Waals surface area contributed by atoms with Gasteiger partial charge in [-0.15, -0.1) is 0 Å². The van der Waals surface area contributed by atoms with E-state index < -0.39 is 5.60 Å². The molecule has 1 amide bonds. The summed E-state index contributed by atoms with van der Waals surface area (Å²) >= 11 is 0. The molecule has 1 unspecified atom stereocenters. The quantitative estimate of drug-likeness (QED) is 0.771. The Bertz CT molecular complexity index is 404. The van der Waals surface area contributed by atoms with Crippen molar-refractivity contribution in [2.45, 2.75) is 70.6 Å². The first-order valence-electron chi connectivity index (χ1n) is 7.41. The van der Waals surface area contributed by atoms with Gasteiger partial charge in [0.1, 0.15) is 5.60 Å². The van der Waals surface area contributed by atoms with Crippen molar-refractivity contribution in [1.29, 1.82) is 0 Å². The SMILES string of the molecule is CC(C)(C)OC(=O)N1C(C2CC2)CC(=O)[C@@H]1C1CC1. The van der Waals surface area contributed by atoms with Gasteiger partial charge in [0.25, 0.3) is 0 Å². The van der Waals surface area contributed by atoms with Crippen LogP contribution in [0.5, 0.6) is 0 Å². The summed E-state index contributed by atoms with van der Waals surface area (Å²) in [5, 5.41) is 0. The van der Waals surface area contributed by atoms with Gasteiger partial charge in [-0.05, 0) is 58.3 Å². The molecule has 2 atom stereocenters. The highest BCUT2D eigenvalue weighted by atomic mass is 16.6. The van der Waals surface area contributed by atoms with E-state index in [1.807, 2.05) is 20.8 Å². The number of ether oxygens (including phenoxy) is 1. The van der Waals surface area contributed by atoms with Gasteiger partial charge in [-0.25, -0.2) is 4.79 Å². The predicted octanol–water partition coefficient (Wildman–Crippen LogP) is 2.75. The van der Waals surface area contributed by atoms with E-state index >= 15 is 0 Å². The van der Waals surface area contributed by atoms with E-state index in [4.69, 9.17) is 4.74 Å². The molecule has 3 rings (SSSR count). The fraction of sp³-hybridized carbons (Fsp3) is 0.867. The minimum atomic E-state index is -0.495. The van der Waals surface area contributed by atoms with Crippen LogP contribution in [0.25, 0.3) is 0 Å². The smallest absolute Gasteiger partial charge is 0.411 e. The summed E-state index contributed by atoms with van der Waals surface area (Å²) in [4.78, 5) is 26.5. The summed E-state index contributed by atoms with van der Waals surface area (Å²) in [6.07, 6.45) is 4.71. The van der Waals surface area contributed by atoms with Crippen LogP contribution in [0.2, 0.25) is 0 Å². The largest absolute Gasteiger partial charge is 0.444 e. The second-order valence-corrected chi connectivity index (χ2v) is 7.25. The highest BCUT2D eigenvalue weighted by Gasteiger charge is 2.54. The van der Waals surface area contributed by atoms with Crippen molar-refractivity contribution >= 4 is 11.9 Å². The fourth-order valence-corrected chi connectivity index (χ4v) is 3.13. The van der Waals surface area contributed by atoms with Crippen LogP contribution >= 0.6 is 0 Å². The van der Waals surface area contributed by atoms with Crippen LogP contribution in [-0.4, -0.2) is 34.5 Å². The molecule has 2 aliphatic carbocycles. The Labute approximate surface area is 114 Å². The van der Waals surface area contributed by atoms with Gasteiger partial charge in [-0.3, -0.25) is 9.69 Å². The van der Waals surface area contributed by atoms with Crippen molar-refractivity contribution in [1.82, 2.24) is 4.90 Å². The minimum Gasteiger partial charge on any atom is -0.444 e. The van der Waals surface area contributed by atoms with Crippen LogP contribution in [0.4, 0.5) is 4.79 Å². The van der Waals surface area contributed by atoms with Crippen LogP contribution in [0, 0.1) is 11.8 Å². The fourth-order valence-electron chi connectivity index (χ4n) is 3.13. The molecule has 2 saturated carbocycles. The molecule has 4 heteroatoms. The molecule has 0 N–H and O–H groups in total. The van der Waals surface area contributed by atoms with Gasteiger partial charge >= 0.3 is 6.09 Å². The lowest BCUT2D eigenvalue weighted by atomic mass is 10.1. The van der Waals surface area contributed by atoms with Crippen molar-refractivity contribution in [3.63, 3.8) is 0 Å². The van der Waals surface area contributed by atoms with Gasteiger partial charge in [0.2, 0.25) is 0 Å². The number of likely N-dealkylation sites (tertiary alicyclic amines) is 1. The summed E-state index contributed by atoms with van der Waals surface area (Å²) in [6.45, 7) is 5.63. The van der Waals surface area contributed by atoms with Crippen molar-refractivity contribution < 1.29 is 14.3 Å². The maximum atomic E-state index is 12.4. The average molecular weight is 265 g/mol. The molecular weight excluding hydrogens is 242 g/mol. The van der Waals surface area contributed by atoms with Crippen LogP contribution in [0.3, 0.4) is 0 Å². The molecule has 3 fully saturated rings. The van der Waals surface area contributed by atoms with Crippen LogP contribution in [0.15, 0.2) is 0 Å². The molecule has 3 aliphatic rings. The summed E-state index contributed by atoms with van der Waals surface area (Å²) in [5.74, 6) is 1.18. The molecule has 1 aliphatic heterocycles. The maximum Gasteiger partial charge on any atom is 0.411 e. The summed E-state index contributed by atoms with van der Waals surface area (Å²) in [7, 11) is 0. The van der Waals surface area contributed by atoms with Crippen molar-refractivity contribution in [3.05, 3.63) is 0 Å². The van der Waals surface area contributed by atoms with E-state index in [1.165, 1.54) is 0 Å². The maximum absolute atomic E-state index is 12.4. The third kappa shape index (κ3) is 2.63. The first kappa shape index (κ1) is 12.9. The molecule has 0 bridgehead atoms. The lowest BCUT2D eigenvalue weighted by molar-refractivity contribution is -0.120. The minimum absolute atomic E-state index is 0.105. The third-order valence-corrected chi connectivity index (χ3v) is 4.24. The Kier molecular flexibility index (Phi) is 2.88. The van der Waals surface area contributed by atoms with E-state index in [0.29, 0.717) is 18.3 Å². The van der Waals surface area contributed by atoms with Gasteiger partial charge < -0.3 is 4.74 Å². The Hall–Kier alpha value is -1.06. The number of nitrogens with zero attached hydrogens (tertiary/aromatic N) is 1. The zero-order chi connectivity index (χ0) is 13.8. The molecule has 1 heterocycles. The number of hydrogen-bond donors (Lipinski definition) is 0. The number of hydrogen-bond acceptors (Lipinski definition) is 3. The third-order valence-electron chi connectivity index (χ3n) is 4.24. The Morgan fingerprint density at radius 1 is 1.16 bits per heavy atom. The topological polar surface area (TPSA) is 46.6 Å². The van der Waals surface area contributed by atoms with Crippen LogP contribution < -0.4 is 0 Å². The standard InChI is InChI=1S/C15H23NO3/c1-15(2,3)19-14(18)16-11(9-4-5-9)8-12(17)13(16)10-6-7-10/h9-11,13H,4-8H2,1-3H3/t11?,13-/m0/s1. The first-order valence-corrected chi connectivity index (χ1v) is 7.41. The zero-order valence-electron chi connectivity index (χ0n) is 12.0. The molecule has 106 valence electrons. The molecule has 0 aromatic rings. The van der Waals surface area contributed by atoms with Crippen molar-refractivity contribution in [2.24, 2.45) is 11.8 Å². The second-order valence-electron chi connectivity index (χ2n) is 7.25. The molecular formula is C15H23NO3. The summed E-state index contributed by atoms with van der Waals surface area (Å²) in [6, 6.07) is -0.0894. The van der Waals surface area contributed by atoms with Crippen LogP contribution in [0.1, 0.15) is 52.9 Å². The number of rotatable bonds is 2. The van der Waals surface area contributed by atoms with E-state index in [2.05, 4.69) is 0 Å². The second kappa shape index (κ2) is 4.22. The van der Waals surface area contributed by atoms with E-state index in [-0.39, 0.29) is 24.0 Å². The Balaban J connectivity index is 1.80. The number of amides is 1. The molecule has 0 aromatic heterocycles. The normalized spacial score (nSPS) is 31.7. The van der Waals surface area contributed by atoms with Gasteiger partial charge in [-0.2, -0.15) is 0 Å². The first-order chi connectivity index (χ1) is 8.87. The van der Waals surface area contributed by atoms with E-state index in [0.717, 1.165) is 25.7 Å². The number of carbonyl (C=O) groups excluding carboxylic acids is 2. The van der Waals surface area contributed by atoms with Crippen LogP contribution in [-0.2, 0) is 9.53 Å². The lowest BCUT2D eigenvalue weighted by Crippen LogP contribution is -2.47. The van der Waals surface area contributed by atoms with Gasteiger partial charge in [-0.1, -0.05) is 0 Å². The average Bonchev–Trinajstić information content (AvgIpc) is 3.14. The Morgan fingerprint density at radius 2 is 1.74 bits per heavy atom. The monoisotopic (exact) mass is 265 g/mol.